The van der Waals surface area contributed by atoms with Crippen LogP contribution in [0.3, 0.4) is 0 Å². The Morgan fingerprint density at radius 1 is 1.15 bits per heavy atom. The quantitative estimate of drug-likeness (QED) is 0.565. The van der Waals surface area contributed by atoms with Crippen LogP contribution in [0, 0.1) is 5.82 Å². The fraction of sp³-hybridized carbons (Fsp3) is 0.190. The lowest BCUT2D eigenvalue weighted by molar-refractivity contribution is 0.0965. The van der Waals surface area contributed by atoms with Crippen molar-refractivity contribution < 1.29 is 9.18 Å². The average molecular weight is 403 g/mol. The normalized spacial score (nSPS) is 15.2. The standard InChI is InChI=1S/C21H17Cl2FN2O/c1-25-9-7-13(8-10-25)16-12-26(19-6-5-14(24)11-15(16)19)21(27)20-17(22)3-2-4-18(20)23/h2-7,11-12H,8-10H2,1H3. The first kappa shape index (κ1) is 18.2. The summed E-state index contributed by atoms with van der Waals surface area (Å²) in [6, 6.07) is 9.40. The fourth-order valence-electron chi connectivity index (χ4n) is 3.46. The summed E-state index contributed by atoms with van der Waals surface area (Å²) in [5.41, 5.74) is 2.85. The van der Waals surface area contributed by atoms with Crippen LogP contribution in [-0.2, 0) is 0 Å². The fourth-order valence-corrected chi connectivity index (χ4v) is 4.02. The largest absolute Gasteiger partial charge is 0.302 e. The Balaban J connectivity index is 1.91. The molecule has 2 heterocycles. The second-order valence-electron chi connectivity index (χ2n) is 6.72. The van der Waals surface area contributed by atoms with Gasteiger partial charge in [0.2, 0.25) is 0 Å². The van der Waals surface area contributed by atoms with E-state index in [0.717, 1.165) is 30.6 Å². The van der Waals surface area contributed by atoms with Gasteiger partial charge in [0.15, 0.2) is 0 Å². The van der Waals surface area contributed by atoms with Crippen LogP contribution in [0.5, 0.6) is 0 Å². The van der Waals surface area contributed by atoms with E-state index in [1.54, 1.807) is 30.5 Å². The van der Waals surface area contributed by atoms with Gasteiger partial charge in [0.25, 0.3) is 5.91 Å². The summed E-state index contributed by atoms with van der Waals surface area (Å²) < 4.78 is 15.5. The number of rotatable bonds is 2. The lowest BCUT2D eigenvalue weighted by Crippen LogP contribution is -2.23. The minimum absolute atomic E-state index is 0.242. The highest BCUT2D eigenvalue weighted by Crippen LogP contribution is 2.33. The van der Waals surface area contributed by atoms with E-state index in [0.29, 0.717) is 10.9 Å². The summed E-state index contributed by atoms with van der Waals surface area (Å²) >= 11 is 12.5. The maximum Gasteiger partial charge on any atom is 0.265 e. The van der Waals surface area contributed by atoms with Crippen LogP contribution < -0.4 is 0 Å². The third-order valence-electron chi connectivity index (χ3n) is 4.92. The maximum atomic E-state index is 13.9. The summed E-state index contributed by atoms with van der Waals surface area (Å²) in [6.07, 6.45) is 4.73. The van der Waals surface area contributed by atoms with E-state index in [1.165, 1.54) is 16.7 Å². The number of halogens is 3. The number of fused-ring (bicyclic) bond motifs is 1. The second kappa shape index (κ2) is 7.12. The van der Waals surface area contributed by atoms with Gasteiger partial charge in [-0.3, -0.25) is 9.36 Å². The molecule has 3 nitrogen and oxygen atoms in total. The molecule has 2 aromatic carbocycles. The number of aromatic nitrogens is 1. The summed E-state index contributed by atoms with van der Waals surface area (Å²) in [6.45, 7) is 1.74. The lowest BCUT2D eigenvalue weighted by Gasteiger charge is -2.21. The SMILES string of the molecule is CN1CC=C(c2cn(C(=O)c3c(Cl)cccc3Cl)c3ccc(F)cc23)CC1. The number of carbonyl (C=O) groups excluding carboxylic acids is 1. The monoisotopic (exact) mass is 402 g/mol. The average Bonchev–Trinajstić information content (AvgIpc) is 3.01. The molecule has 0 unspecified atom stereocenters. The molecular weight excluding hydrogens is 386 g/mol. The predicted octanol–water partition coefficient (Wildman–Crippen LogP) is 5.49. The van der Waals surface area contributed by atoms with Gasteiger partial charge in [-0.05, 0) is 49.4 Å². The van der Waals surface area contributed by atoms with Crippen molar-refractivity contribution in [2.24, 2.45) is 0 Å². The Morgan fingerprint density at radius 3 is 2.56 bits per heavy atom. The number of carbonyl (C=O) groups is 1. The van der Waals surface area contributed by atoms with Crippen molar-refractivity contribution in [2.45, 2.75) is 6.42 Å². The number of hydrogen-bond donors (Lipinski definition) is 0. The molecule has 4 rings (SSSR count). The van der Waals surface area contributed by atoms with E-state index in [9.17, 15) is 9.18 Å². The Kier molecular flexibility index (Phi) is 4.81. The Labute approximate surface area is 166 Å². The van der Waals surface area contributed by atoms with Crippen LogP contribution in [0.15, 0.2) is 48.7 Å². The lowest BCUT2D eigenvalue weighted by atomic mass is 9.99. The molecule has 0 atom stereocenters. The number of likely N-dealkylation sites (N-methyl/N-ethyl adjacent to an activating group) is 1. The van der Waals surface area contributed by atoms with Crippen molar-refractivity contribution in [1.29, 1.82) is 0 Å². The molecule has 1 aromatic heterocycles. The van der Waals surface area contributed by atoms with Gasteiger partial charge in [-0.1, -0.05) is 35.3 Å². The van der Waals surface area contributed by atoms with E-state index in [-0.39, 0.29) is 27.3 Å². The van der Waals surface area contributed by atoms with Crippen molar-refractivity contribution in [2.75, 3.05) is 20.1 Å². The van der Waals surface area contributed by atoms with E-state index in [2.05, 4.69) is 18.0 Å². The molecule has 27 heavy (non-hydrogen) atoms. The van der Waals surface area contributed by atoms with Crippen molar-refractivity contribution in [3.05, 3.63) is 75.7 Å². The molecule has 0 radical (unpaired) electrons. The molecule has 0 saturated carbocycles. The summed E-state index contributed by atoms with van der Waals surface area (Å²) in [5, 5.41) is 1.29. The van der Waals surface area contributed by atoms with Gasteiger partial charge in [0.05, 0.1) is 21.1 Å². The summed E-state index contributed by atoms with van der Waals surface area (Å²) in [7, 11) is 2.05. The highest BCUT2D eigenvalue weighted by atomic mass is 35.5. The van der Waals surface area contributed by atoms with Crippen LogP contribution in [0.2, 0.25) is 10.0 Å². The van der Waals surface area contributed by atoms with Gasteiger partial charge in [-0.25, -0.2) is 4.39 Å². The molecule has 1 aliphatic rings. The highest BCUT2D eigenvalue weighted by molar-refractivity contribution is 6.40. The minimum Gasteiger partial charge on any atom is -0.302 e. The van der Waals surface area contributed by atoms with Gasteiger partial charge in [0, 0.05) is 30.2 Å². The first-order valence-corrected chi connectivity index (χ1v) is 9.38. The molecule has 0 bridgehead atoms. The molecule has 0 N–H and O–H groups in total. The highest BCUT2D eigenvalue weighted by Gasteiger charge is 2.22. The van der Waals surface area contributed by atoms with Crippen LogP contribution >= 0.6 is 23.2 Å². The van der Waals surface area contributed by atoms with E-state index >= 15 is 0 Å². The van der Waals surface area contributed by atoms with Gasteiger partial charge >= 0.3 is 0 Å². The number of benzene rings is 2. The molecule has 0 fully saturated rings. The first-order valence-electron chi connectivity index (χ1n) is 8.63. The molecule has 0 saturated heterocycles. The Bertz CT molecular complexity index is 1070. The van der Waals surface area contributed by atoms with Crippen molar-refractivity contribution >= 4 is 45.6 Å². The van der Waals surface area contributed by atoms with Crippen molar-refractivity contribution in [3.63, 3.8) is 0 Å². The third-order valence-corrected chi connectivity index (χ3v) is 5.55. The van der Waals surface area contributed by atoms with Gasteiger partial charge in [-0.15, -0.1) is 0 Å². The van der Waals surface area contributed by atoms with E-state index in [4.69, 9.17) is 23.2 Å². The van der Waals surface area contributed by atoms with E-state index in [1.807, 2.05) is 0 Å². The van der Waals surface area contributed by atoms with Crippen LogP contribution in [-0.4, -0.2) is 35.5 Å². The zero-order chi connectivity index (χ0) is 19.1. The molecule has 6 heteroatoms. The zero-order valence-corrected chi connectivity index (χ0v) is 16.2. The molecule has 0 aliphatic carbocycles. The van der Waals surface area contributed by atoms with E-state index < -0.39 is 0 Å². The predicted molar refractivity (Wildman–Crippen MR) is 108 cm³/mol. The Hall–Kier alpha value is -2.14. The van der Waals surface area contributed by atoms with Crippen molar-refractivity contribution in [1.82, 2.24) is 9.47 Å². The maximum absolute atomic E-state index is 13.9. The zero-order valence-electron chi connectivity index (χ0n) is 14.7. The first-order chi connectivity index (χ1) is 13.0. The third kappa shape index (κ3) is 3.29. The summed E-state index contributed by atoms with van der Waals surface area (Å²) in [5.74, 6) is -0.666. The molecule has 138 valence electrons. The molecule has 0 spiro atoms. The summed E-state index contributed by atoms with van der Waals surface area (Å²) in [4.78, 5) is 15.4. The van der Waals surface area contributed by atoms with Crippen molar-refractivity contribution in [3.8, 4) is 0 Å². The van der Waals surface area contributed by atoms with Gasteiger partial charge in [-0.2, -0.15) is 0 Å². The molecular formula is C21H17Cl2FN2O. The topological polar surface area (TPSA) is 25.2 Å². The molecule has 1 aliphatic heterocycles. The Morgan fingerprint density at radius 2 is 1.89 bits per heavy atom. The van der Waals surface area contributed by atoms with Crippen LogP contribution in [0.4, 0.5) is 4.39 Å². The van der Waals surface area contributed by atoms with Gasteiger partial charge < -0.3 is 4.90 Å². The van der Waals surface area contributed by atoms with Crippen LogP contribution in [0.1, 0.15) is 22.3 Å². The smallest absolute Gasteiger partial charge is 0.265 e. The molecule has 3 aromatic rings. The van der Waals surface area contributed by atoms with Gasteiger partial charge in [0.1, 0.15) is 5.82 Å². The minimum atomic E-state index is -0.335. The molecule has 0 amide bonds. The number of hydrogen-bond acceptors (Lipinski definition) is 2. The second-order valence-corrected chi connectivity index (χ2v) is 7.53. The van der Waals surface area contributed by atoms with Crippen LogP contribution in [0.25, 0.3) is 16.5 Å². The number of nitrogens with zero attached hydrogens (tertiary/aromatic N) is 2.